The summed E-state index contributed by atoms with van der Waals surface area (Å²) < 4.78 is 1.38. The van der Waals surface area contributed by atoms with Crippen LogP contribution >= 0.6 is 0 Å². The standard InChI is InChI=1S/2C9H7.C2H6Si.2ClH.Th/c2*1-2-5-9-7-3-6-8(9)4-1;1-3-2;;;/h2*1-7H;1-2H3;2*1H;/q;;;;;+2/p-2. The second-order valence-electron chi connectivity index (χ2n) is 6.39. The number of halogens is 2. The zero-order chi connectivity index (χ0) is 15.1. The Hall–Kier alpha value is 0.0416. The van der Waals surface area contributed by atoms with Crippen molar-refractivity contribution in [3.63, 3.8) is 0 Å². The molecule has 0 saturated heterocycles. The van der Waals surface area contributed by atoms with Gasteiger partial charge in [-0.3, -0.25) is 0 Å². The van der Waals surface area contributed by atoms with Gasteiger partial charge in [0.25, 0.3) is 0 Å². The van der Waals surface area contributed by atoms with E-state index in [0.29, 0.717) is 0 Å². The van der Waals surface area contributed by atoms with Gasteiger partial charge >= 0.3 is 147 Å². The Morgan fingerprint density at radius 3 is 1.54 bits per heavy atom. The molecule has 0 fully saturated rings. The molecule has 4 heteroatoms. The number of fused-ring (bicyclic) bond motifs is 2. The van der Waals surface area contributed by atoms with E-state index in [4.69, 9.17) is 0 Å². The maximum atomic E-state index is 2.57. The van der Waals surface area contributed by atoms with E-state index in [2.05, 4.69) is 85.9 Å². The zero-order valence-corrected chi connectivity index (χ0v) is 20.5. The summed E-state index contributed by atoms with van der Waals surface area (Å²) in [6, 6.07) is 18.1. The van der Waals surface area contributed by atoms with Crippen molar-refractivity contribution in [2.24, 2.45) is 0 Å². The van der Waals surface area contributed by atoms with Gasteiger partial charge < -0.3 is 24.8 Å². The molecule has 0 bridgehead atoms. The first-order valence-corrected chi connectivity index (χ1v) is 21.4. The minimum atomic E-state index is -1.97. The predicted octanol–water partition coefficient (Wildman–Crippen LogP) is -0.598. The van der Waals surface area contributed by atoms with E-state index in [1.807, 2.05) is 0 Å². The number of allylic oxidation sites excluding steroid dienone is 2. The van der Waals surface area contributed by atoms with Gasteiger partial charge in [-0.15, -0.1) is 0 Å². The molecule has 2 unspecified atom stereocenters. The van der Waals surface area contributed by atoms with Crippen LogP contribution < -0.4 is 24.8 Å². The summed E-state index contributed by atoms with van der Waals surface area (Å²) in [5, 5.41) is 0. The van der Waals surface area contributed by atoms with Crippen LogP contribution in [-0.2, 0) is 0 Å². The molecule has 0 saturated carbocycles. The van der Waals surface area contributed by atoms with Crippen LogP contribution in [0.2, 0.25) is 13.1 Å². The van der Waals surface area contributed by atoms with Gasteiger partial charge in [-0.05, 0) is 0 Å². The van der Waals surface area contributed by atoms with E-state index in [1.54, 1.807) is 11.1 Å². The Balaban J connectivity index is 0.00000104. The van der Waals surface area contributed by atoms with Crippen molar-refractivity contribution in [1.29, 1.82) is 0 Å². The summed E-state index contributed by atoms with van der Waals surface area (Å²) in [5.41, 5.74) is 6.18. The van der Waals surface area contributed by atoms with Gasteiger partial charge in [-0.25, -0.2) is 0 Å². The zero-order valence-electron chi connectivity index (χ0n) is 13.8. The van der Waals surface area contributed by atoms with Crippen molar-refractivity contribution in [3.05, 3.63) is 82.9 Å². The molecule has 0 nitrogen and oxygen atoms in total. The minimum Gasteiger partial charge on any atom is -1.00 e. The molecule has 0 N–H and O–H groups in total. The van der Waals surface area contributed by atoms with Crippen LogP contribution in [-0.4, -0.2) is 3.03 Å². The molecule has 4 rings (SSSR count). The van der Waals surface area contributed by atoms with Crippen LogP contribution in [0.3, 0.4) is 0 Å². The summed E-state index contributed by atoms with van der Waals surface area (Å²) in [6.07, 6.45) is 9.85. The molecular formula is C20H20Cl2SiTh. The average Bonchev–Trinajstić information content (AvgIpc) is 3.13. The van der Waals surface area contributed by atoms with Gasteiger partial charge in [0, 0.05) is 0 Å². The summed E-state index contributed by atoms with van der Waals surface area (Å²) in [5.74, 6) is 0. The Morgan fingerprint density at radius 2 is 1.12 bits per heavy atom. The van der Waals surface area contributed by atoms with Crippen LogP contribution in [0, 0.1) is 32.1 Å². The molecule has 0 radical (unpaired) electrons. The quantitative estimate of drug-likeness (QED) is 0.410. The molecule has 0 aliphatic heterocycles. The van der Waals surface area contributed by atoms with Gasteiger partial charge in [0.1, 0.15) is 0 Å². The molecule has 122 valence electrons. The summed E-state index contributed by atoms with van der Waals surface area (Å²) in [4.78, 5) is 0. The molecule has 0 heterocycles. The monoisotopic (exact) mass is 590 g/mol. The SMILES string of the molecule is C[Si](C)=[Th+2]([CH]1C=Cc2ccccc21)[CH]1C=Cc2ccccc21.[Cl-].[Cl-]. The molecule has 0 aromatic heterocycles. The fourth-order valence-electron chi connectivity index (χ4n) is 3.86. The maximum Gasteiger partial charge on any atom is -1.00 e. The molecule has 2 aliphatic rings. The minimum absolute atomic E-state index is 0. The molecule has 0 amide bonds. The van der Waals surface area contributed by atoms with Crippen molar-refractivity contribution < 1.29 is 57.0 Å². The van der Waals surface area contributed by atoms with Gasteiger partial charge in [-0.1, -0.05) is 0 Å². The molecule has 24 heavy (non-hydrogen) atoms. The Labute approximate surface area is 169 Å². The van der Waals surface area contributed by atoms with Crippen molar-refractivity contribution in [2.45, 2.75) is 16.5 Å². The molecular weight excluding hydrogens is 571 g/mol. The smallest absolute Gasteiger partial charge is 1.00 e. The normalized spacial score (nSPS) is 19.1. The van der Waals surface area contributed by atoms with Gasteiger partial charge in [-0.2, -0.15) is 0 Å². The summed E-state index contributed by atoms with van der Waals surface area (Å²) in [6.45, 7) is 5.14. The van der Waals surface area contributed by atoms with Crippen LogP contribution in [0.1, 0.15) is 25.6 Å². The predicted molar refractivity (Wildman–Crippen MR) is 93.9 cm³/mol. The molecule has 2 aromatic rings. The van der Waals surface area contributed by atoms with E-state index in [9.17, 15) is 0 Å². The van der Waals surface area contributed by atoms with E-state index in [1.165, 1.54) is 11.1 Å². The largest absolute Gasteiger partial charge is 1.00 e. The third-order valence-electron chi connectivity index (χ3n) is 4.85. The molecule has 0 spiro atoms. The van der Waals surface area contributed by atoms with Gasteiger partial charge in [0.2, 0.25) is 0 Å². The van der Waals surface area contributed by atoms with E-state index in [-0.39, 0.29) is 27.8 Å². The maximum absolute atomic E-state index is 2.57. The third-order valence-corrected chi connectivity index (χ3v) is 35.6. The van der Waals surface area contributed by atoms with Crippen LogP contribution in [0.15, 0.2) is 60.7 Å². The first kappa shape index (κ1) is 20.4. The fourth-order valence-corrected chi connectivity index (χ4v) is 34.1. The van der Waals surface area contributed by atoms with Crippen LogP contribution in [0.5, 0.6) is 0 Å². The van der Waals surface area contributed by atoms with E-state index < -0.39 is 32.1 Å². The van der Waals surface area contributed by atoms with Crippen molar-refractivity contribution >= 4 is 15.2 Å². The third kappa shape index (κ3) is 3.60. The van der Waals surface area contributed by atoms with Crippen LogP contribution in [0.25, 0.3) is 12.2 Å². The van der Waals surface area contributed by atoms with Gasteiger partial charge in [0.15, 0.2) is 0 Å². The summed E-state index contributed by atoms with van der Waals surface area (Å²) >= 11 is -1.97. The number of hydrogen-bond donors (Lipinski definition) is 0. The topological polar surface area (TPSA) is 0 Å². The number of hydrogen-bond acceptors (Lipinski definition) is 0. The van der Waals surface area contributed by atoms with Crippen LogP contribution in [0.4, 0.5) is 0 Å². The first-order chi connectivity index (χ1) is 10.8. The molecule has 2 aromatic carbocycles. The Kier molecular flexibility index (Phi) is 7.31. The second kappa shape index (κ2) is 8.62. The van der Waals surface area contributed by atoms with E-state index in [0.717, 1.165) is 3.40 Å². The second-order valence-corrected chi connectivity index (χ2v) is 34.9. The number of rotatable bonds is 2. The molecule has 2 aliphatic carbocycles. The Morgan fingerprint density at radius 1 is 0.708 bits per heavy atom. The first-order valence-electron chi connectivity index (χ1n) is 7.97. The van der Waals surface area contributed by atoms with Crippen molar-refractivity contribution in [3.8, 4) is 0 Å². The fraction of sp³-hybridized carbons (Fsp3) is 0.200. The van der Waals surface area contributed by atoms with Crippen molar-refractivity contribution in [2.75, 3.05) is 0 Å². The number of benzene rings is 2. The van der Waals surface area contributed by atoms with Crippen molar-refractivity contribution in [1.82, 2.24) is 0 Å². The Bertz CT molecular complexity index is 772. The average molecular weight is 591 g/mol. The summed E-state index contributed by atoms with van der Waals surface area (Å²) in [7, 11) is 0. The van der Waals surface area contributed by atoms with Gasteiger partial charge in [0.05, 0.1) is 0 Å². The molecule has 2 atom stereocenters. The van der Waals surface area contributed by atoms with E-state index >= 15 is 0 Å².